The first kappa shape index (κ1) is 15.4. The molecule has 2 rings (SSSR count). The minimum Gasteiger partial charge on any atom is -0.305 e. The average molecular weight is 295 g/mol. The van der Waals surface area contributed by atoms with Crippen LogP contribution in [0.25, 0.3) is 0 Å². The van der Waals surface area contributed by atoms with Gasteiger partial charge in [-0.3, -0.25) is 0 Å². The smallest absolute Gasteiger partial charge is 0.305 e. The van der Waals surface area contributed by atoms with E-state index in [1.165, 1.54) is 18.5 Å². The topological polar surface area (TPSA) is 37.8 Å². The van der Waals surface area contributed by atoms with Crippen molar-refractivity contribution < 1.29 is 13.2 Å². The van der Waals surface area contributed by atoms with Crippen LogP contribution in [-0.2, 0) is 6.18 Å². The fraction of sp³-hybridized carbons (Fsp3) is 0.333. The van der Waals surface area contributed by atoms with Gasteiger partial charge in [-0.15, -0.1) is 0 Å². The summed E-state index contributed by atoms with van der Waals surface area (Å²) in [5.74, 6) is 0. The van der Waals surface area contributed by atoms with Crippen molar-refractivity contribution in [3.8, 4) is 0 Å². The van der Waals surface area contributed by atoms with Gasteiger partial charge in [-0.25, -0.2) is 9.97 Å². The number of hydrogen-bond donors (Lipinski definition) is 1. The van der Waals surface area contributed by atoms with Crippen LogP contribution in [0.5, 0.6) is 0 Å². The Morgan fingerprint density at radius 2 is 2.00 bits per heavy atom. The number of hydrogen-bond acceptors (Lipinski definition) is 3. The maximum atomic E-state index is 12.7. The van der Waals surface area contributed by atoms with E-state index in [1.54, 1.807) is 19.2 Å². The van der Waals surface area contributed by atoms with Crippen molar-refractivity contribution in [3.05, 3.63) is 59.2 Å². The van der Waals surface area contributed by atoms with Crippen LogP contribution >= 0.6 is 0 Å². The number of benzene rings is 1. The molecule has 0 saturated heterocycles. The lowest BCUT2D eigenvalue weighted by molar-refractivity contribution is -0.137. The maximum Gasteiger partial charge on any atom is 0.416 e. The molecule has 3 nitrogen and oxygen atoms in total. The number of rotatable bonds is 4. The van der Waals surface area contributed by atoms with Crippen molar-refractivity contribution in [2.75, 3.05) is 6.54 Å². The molecule has 0 amide bonds. The van der Waals surface area contributed by atoms with Gasteiger partial charge < -0.3 is 5.32 Å². The molecule has 0 bridgehead atoms. The fourth-order valence-electron chi connectivity index (χ4n) is 2.23. The van der Waals surface area contributed by atoms with Gasteiger partial charge in [0.05, 0.1) is 17.3 Å². The third-order valence-corrected chi connectivity index (χ3v) is 3.22. The number of aryl methyl sites for hydroxylation is 1. The van der Waals surface area contributed by atoms with Crippen LogP contribution in [0.4, 0.5) is 13.2 Å². The molecule has 1 heterocycles. The average Bonchev–Trinajstić information content (AvgIpc) is 2.45. The molecule has 0 radical (unpaired) electrons. The molecule has 0 aliphatic rings. The molecule has 6 heteroatoms. The van der Waals surface area contributed by atoms with Gasteiger partial charge in [0.2, 0.25) is 0 Å². The van der Waals surface area contributed by atoms with E-state index in [1.807, 2.05) is 6.92 Å². The Morgan fingerprint density at radius 1 is 1.24 bits per heavy atom. The minimum absolute atomic E-state index is 0.250. The van der Waals surface area contributed by atoms with E-state index in [-0.39, 0.29) is 6.04 Å². The van der Waals surface area contributed by atoms with E-state index in [9.17, 15) is 13.2 Å². The summed E-state index contributed by atoms with van der Waals surface area (Å²) in [4.78, 5) is 8.05. The minimum atomic E-state index is -4.33. The molecule has 0 aliphatic carbocycles. The van der Waals surface area contributed by atoms with Crippen LogP contribution < -0.4 is 5.32 Å². The summed E-state index contributed by atoms with van der Waals surface area (Å²) >= 11 is 0. The summed E-state index contributed by atoms with van der Waals surface area (Å²) in [5, 5.41) is 3.24. The lowest BCUT2D eigenvalue weighted by Crippen LogP contribution is -2.24. The molecule has 112 valence electrons. The SMILES string of the molecule is CCNC(c1ccncn1)c1ccc(C(F)(F)F)cc1C. The highest BCUT2D eigenvalue weighted by Gasteiger charge is 2.31. The monoisotopic (exact) mass is 295 g/mol. The summed E-state index contributed by atoms with van der Waals surface area (Å²) in [6, 6.07) is 5.28. The molecule has 1 N–H and O–H groups in total. The van der Waals surface area contributed by atoms with Crippen LogP contribution in [0.15, 0.2) is 36.8 Å². The zero-order chi connectivity index (χ0) is 15.5. The maximum absolute atomic E-state index is 12.7. The van der Waals surface area contributed by atoms with E-state index in [0.29, 0.717) is 12.1 Å². The Morgan fingerprint density at radius 3 is 2.52 bits per heavy atom. The molecule has 1 unspecified atom stereocenters. The van der Waals surface area contributed by atoms with Crippen molar-refractivity contribution in [3.63, 3.8) is 0 Å². The van der Waals surface area contributed by atoms with Crippen LogP contribution in [0.1, 0.15) is 35.3 Å². The lowest BCUT2D eigenvalue weighted by atomic mass is 9.96. The normalized spacial score (nSPS) is 13.2. The predicted molar refractivity (Wildman–Crippen MR) is 73.7 cm³/mol. The van der Waals surface area contributed by atoms with E-state index in [0.717, 1.165) is 17.3 Å². The zero-order valence-electron chi connectivity index (χ0n) is 11.8. The Balaban J connectivity index is 2.42. The molecular weight excluding hydrogens is 279 g/mol. The second-order valence-corrected chi connectivity index (χ2v) is 4.69. The molecular formula is C15H16F3N3. The Bertz CT molecular complexity index is 597. The molecule has 0 saturated carbocycles. The molecule has 0 spiro atoms. The molecule has 2 aromatic rings. The first-order chi connectivity index (χ1) is 9.93. The van der Waals surface area contributed by atoms with E-state index >= 15 is 0 Å². The van der Waals surface area contributed by atoms with Crippen LogP contribution in [0, 0.1) is 6.92 Å². The Hall–Kier alpha value is -1.95. The van der Waals surface area contributed by atoms with Crippen molar-refractivity contribution in [2.45, 2.75) is 26.1 Å². The summed E-state index contributed by atoms with van der Waals surface area (Å²) in [6.45, 7) is 4.29. The molecule has 1 atom stereocenters. The van der Waals surface area contributed by atoms with E-state index in [2.05, 4.69) is 15.3 Å². The largest absolute Gasteiger partial charge is 0.416 e. The van der Waals surface area contributed by atoms with Crippen molar-refractivity contribution in [1.82, 2.24) is 15.3 Å². The van der Waals surface area contributed by atoms with Crippen molar-refractivity contribution in [1.29, 1.82) is 0 Å². The molecule has 1 aromatic heterocycles. The highest BCUT2D eigenvalue weighted by atomic mass is 19.4. The van der Waals surface area contributed by atoms with Gasteiger partial charge in [0.1, 0.15) is 6.33 Å². The third kappa shape index (κ3) is 3.58. The van der Waals surface area contributed by atoms with Gasteiger partial charge in [0.15, 0.2) is 0 Å². The standard InChI is InChI=1S/C15H16F3N3/c1-3-20-14(13-6-7-19-9-21-13)12-5-4-11(8-10(12)2)15(16,17)18/h4-9,14,20H,3H2,1-2H3. The first-order valence-corrected chi connectivity index (χ1v) is 6.60. The van der Waals surface area contributed by atoms with Crippen LogP contribution in [-0.4, -0.2) is 16.5 Å². The molecule has 0 fully saturated rings. The van der Waals surface area contributed by atoms with Crippen molar-refractivity contribution >= 4 is 0 Å². The molecule has 1 aromatic carbocycles. The summed E-state index contributed by atoms with van der Waals surface area (Å²) < 4.78 is 38.2. The van der Waals surface area contributed by atoms with E-state index in [4.69, 9.17) is 0 Å². The zero-order valence-corrected chi connectivity index (χ0v) is 11.8. The number of alkyl halides is 3. The number of aromatic nitrogens is 2. The third-order valence-electron chi connectivity index (χ3n) is 3.22. The van der Waals surface area contributed by atoms with Crippen molar-refractivity contribution in [2.24, 2.45) is 0 Å². The molecule has 0 aliphatic heterocycles. The summed E-state index contributed by atoms with van der Waals surface area (Å²) in [7, 11) is 0. The van der Waals surface area contributed by atoms with Gasteiger partial charge in [-0.05, 0) is 42.8 Å². The fourth-order valence-corrected chi connectivity index (χ4v) is 2.23. The number of nitrogens with one attached hydrogen (secondary N) is 1. The van der Waals surface area contributed by atoms with Gasteiger partial charge in [-0.1, -0.05) is 13.0 Å². The van der Waals surface area contributed by atoms with Gasteiger partial charge in [0, 0.05) is 6.20 Å². The highest BCUT2D eigenvalue weighted by Crippen LogP contribution is 2.32. The Labute approximate surface area is 121 Å². The van der Waals surface area contributed by atoms with E-state index < -0.39 is 11.7 Å². The van der Waals surface area contributed by atoms with Gasteiger partial charge >= 0.3 is 6.18 Å². The van der Waals surface area contributed by atoms with Crippen LogP contribution in [0.3, 0.4) is 0 Å². The first-order valence-electron chi connectivity index (χ1n) is 6.60. The van der Waals surface area contributed by atoms with Gasteiger partial charge in [0.25, 0.3) is 0 Å². The predicted octanol–water partition coefficient (Wildman–Crippen LogP) is 3.50. The second kappa shape index (κ2) is 6.22. The number of halogens is 3. The summed E-state index contributed by atoms with van der Waals surface area (Å²) in [6.07, 6.45) is -1.28. The highest BCUT2D eigenvalue weighted by molar-refractivity contribution is 5.38. The lowest BCUT2D eigenvalue weighted by Gasteiger charge is -2.20. The quantitative estimate of drug-likeness (QED) is 0.938. The van der Waals surface area contributed by atoms with Crippen LogP contribution in [0.2, 0.25) is 0 Å². The molecule has 21 heavy (non-hydrogen) atoms. The number of nitrogens with zero attached hydrogens (tertiary/aromatic N) is 2. The second-order valence-electron chi connectivity index (χ2n) is 4.69. The summed E-state index contributed by atoms with van der Waals surface area (Å²) in [5.41, 5.74) is 1.45. The Kier molecular flexibility index (Phi) is 4.57. The van der Waals surface area contributed by atoms with Gasteiger partial charge in [-0.2, -0.15) is 13.2 Å².